The molecule has 3 aromatic rings. The van der Waals surface area contributed by atoms with Gasteiger partial charge in [-0.15, -0.1) is 0 Å². The Labute approximate surface area is 185 Å². The van der Waals surface area contributed by atoms with Gasteiger partial charge in [0.25, 0.3) is 5.69 Å². The first-order chi connectivity index (χ1) is 13.7. The van der Waals surface area contributed by atoms with Gasteiger partial charge in [0.2, 0.25) is 0 Å². The fraction of sp³-hybridized carbons (Fsp3) is 0.0500. The molecule has 5 nitrogen and oxygen atoms in total. The molecule has 148 valence electrons. The van der Waals surface area contributed by atoms with Crippen LogP contribution in [0, 0.1) is 17.0 Å². The summed E-state index contributed by atoms with van der Waals surface area (Å²) in [5, 5.41) is 21.8. The molecule has 0 saturated heterocycles. The highest BCUT2D eigenvalue weighted by atomic mass is 35.5. The van der Waals surface area contributed by atoms with E-state index in [1.54, 1.807) is 55.5 Å². The van der Waals surface area contributed by atoms with Crippen LogP contribution in [0.2, 0.25) is 10.0 Å². The second kappa shape index (κ2) is 9.09. The van der Waals surface area contributed by atoms with Crippen LogP contribution in [0.3, 0.4) is 0 Å². The van der Waals surface area contributed by atoms with Crippen LogP contribution in [0.25, 0.3) is 0 Å². The van der Waals surface area contributed by atoms with Gasteiger partial charge in [-0.05, 0) is 49.4 Å². The minimum absolute atomic E-state index is 0.0740. The average Bonchev–Trinajstić information content (AvgIpc) is 2.67. The number of hydrogen-bond acceptors (Lipinski definition) is 5. The zero-order valence-corrected chi connectivity index (χ0v) is 18.0. The van der Waals surface area contributed by atoms with E-state index in [-0.39, 0.29) is 11.3 Å². The second-order valence-corrected chi connectivity index (χ2v) is 9.02. The molecule has 0 radical (unpaired) electrons. The Hall–Kier alpha value is -2.19. The lowest BCUT2D eigenvalue weighted by Gasteiger charge is -2.09. The fourth-order valence-electron chi connectivity index (χ4n) is 2.48. The first-order valence-electron chi connectivity index (χ1n) is 8.18. The van der Waals surface area contributed by atoms with Crippen LogP contribution in [-0.2, 0) is 0 Å². The Morgan fingerprint density at radius 1 is 0.931 bits per heavy atom. The summed E-state index contributed by atoms with van der Waals surface area (Å²) in [5.74, 6) is -1.04. The van der Waals surface area contributed by atoms with Crippen molar-refractivity contribution in [2.45, 2.75) is 26.5 Å². The number of aryl methyl sites for hydroxylation is 1. The molecule has 0 amide bonds. The largest absolute Gasteiger partial charge is 0.478 e. The number of nitro benzene ring substituents is 1. The molecule has 0 aromatic heterocycles. The van der Waals surface area contributed by atoms with Crippen molar-refractivity contribution in [1.82, 2.24) is 0 Å². The van der Waals surface area contributed by atoms with Crippen LogP contribution < -0.4 is 0 Å². The van der Waals surface area contributed by atoms with Crippen molar-refractivity contribution in [3.05, 3.63) is 85.9 Å². The van der Waals surface area contributed by atoms with Gasteiger partial charge in [-0.2, -0.15) is 0 Å². The third-order valence-electron chi connectivity index (χ3n) is 3.84. The number of hydrogen-bond donors (Lipinski definition) is 1. The van der Waals surface area contributed by atoms with Gasteiger partial charge in [-0.1, -0.05) is 58.4 Å². The van der Waals surface area contributed by atoms with E-state index in [4.69, 9.17) is 23.2 Å². The normalized spacial score (nSPS) is 10.7. The predicted molar refractivity (Wildman–Crippen MR) is 116 cm³/mol. The van der Waals surface area contributed by atoms with E-state index in [1.807, 2.05) is 0 Å². The molecule has 0 spiro atoms. The maximum atomic E-state index is 11.6. The maximum absolute atomic E-state index is 11.6. The number of aromatic carboxylic acids is 1. The Bertz CT molecular complexity index is 1120. The number of nitrogens with zero attached hydrogens (tertiary/aromatic N) is 1. The summed E-state index contributed by atoms with van der Waals surface area (Å²) >= 11 is 14.3. The molecular weight excluding hydrogens is 453 g/mol. The van der Waals surface area contributed by atoms with Crippen molar-refractivity contribution in [2.75, 3.05) is 0 Å². The molecule has 3 aromatic carbocycles. The topological polar surface area (TPSA) is 80.4 Å². The molecule has 1 N–H and O–H groups in total. The third-order valence-corrected chi connectivity index (χ3v) is 6.70. The van der Waals surface area contributed by atoms with Gasteiger partial charge < -0.3 is 5.11 Å². The molecule has 9 heteroatoms. The summed E-state index contributed by atoms with van der Waals surface area (Å²) in [5.41, 5.74) is 0.910. The highest BCUT2D eigenvalue weighted by Crippen LogP contribution is 2.40. The maximum Gasteiger partial charge on any atom is 0.336 e. The van der Waals surface area contributed by atoms with Gasteiger partial charge in [-0.3, -0.25) is 10.1 Å². The number of carbonyl (C=O) groups is 1. The van der Waals surface area contributed by atoms with Gasteiger partial charge in [0.1, 0.15) is 0 Å². The zero-order chi connectivity index (χ0) is 21.1. The quantitative estimate of drug-likeness (QED) is 0.305. The van der Waals surface area contributed by atoms with Gasteiger partial charge in [0.05, 0.1) is 25.4 Å². The van der Waals surface area contributed by atoms with Gasteiger partial charge in [0, 0.05) is 20.8 Å². The van der Waals surface area contributed by atoms with E-state index >= 15 is 0 Å². The number of carboxylic acids is 1. The van der Waals surface area contributed by atoms with Crippen LogP contribution in [0.5, 0.6) is 0 Å². The van der Waals surface area contributed by atoms with Crippen molar-refractivity contribution in [1.29, 1.82) is 0 Å². The summed E-state index contributed by atoms with van der Waals surface area (Å²) in [6.07, 6.45) is 0. The van der Waals surface area contributed by atoms with Crippen molar-refractivity contribution in [3.8, 4) is 0 Å². The van der Waals surface area contributed by atoms with Crippen molar-refractivity contribution in [3.63, 3.8) is 0 Å². The molecule has 0 atom stereocenters. The molecule has 0 bridgehead atoms. The molecule has 0 fully saturated rings. The van der Waals surface area contributed by atoms with Crippen LogP contribution >= 0.6 is 46.7 Å². The van der Waals surface area contributed by atoms with Crippen LogP contribution in [0.4, 0.5) is 5.69 Å². The molecule has 0 aliphatic rings. The lowest BCUT2D eigenvalue weighted by molar-refractivity contribution is -0.387. The molecule has 0 unspecified atom stereocenters. The SMILES string of the molecule is Cc1ccc(Sc2ccc(Sc3ccc(Cl)c(Cl)c3)c([N+](=O)[O-])c2)c(C(=O)O)c1. The first-order valence-corrected chi connectivity index (χ1v) is 10.6. The van der Waals surface area contributed by atoms with Crippen molar-refractivity contribution < 1.29 is 14.8 Å². The van der Waals surface area contributed by atoms with Crippen LogP contribution in [0.1, 0.15) is 15.9 Å². The molecule has 0 aliphatic heterocycles. The fourth-order valence-corrected chi connectivity index (χ4v) is 4.74. The molecule has 0 aliphatic carbocycles. The van der Waals surface area contributed by atoms with E-state index in [0.717, 1.165) is 10.5 Å². The monoisotopic (exact) mass is 465 g/mol. The Balaban J connectivity index is 1.93. The predicted octanol–water partition coefficient (Wildman–Crippen LogP) is 7.21. The molecule has 0 heterocycles. The summed E-state index contributed by atoms with van der Waals surface area (Å²) < 4.78 is 0. The van der Waals surface area contributed by atoms with Crippen molar-refractivity contribution in [2.24, 2.45) is 0 Å². The average molecular weight is 466 g/mol. The zero-order valence-electron chi connectivity index (χ0n) is 14.9. The summed E-state index contributed by atoms with van der Waals surface area (Å²) in [7, 11) is 0. The summed E-state index contributed by atoms with van der Waals surface area (Å²) in [6.45, 7) is 1.81. The highest BCUT2D eigenvalue weighted by molar-refractivity contribution is 8.00. The summed E-state index contributed by atoms with van der Waals surface area (Å²) in [4.78, 5) is 24.9. The smallest absolute Gasteiger partial charge is 0.336 e. The Morgan fingerprint density at radius 3 is 2.21 bits per heavy atom. The number of carboxylic acid groups (broad SMARTS) is 1. The molecule has 0 saturated carbocycles. The third kappa shape index (κ3) is 5.25. The van der Waals surface area contributed by atoms with Gasteiger partial charge in [0.15, 0.2) is 0 Å². The second-order valence-electron chi connectivity index (χ2n) is 5.97. The van der Waals surface area contributed by atoms with Gasteiger partial charge >= 0.3 is 5.97 Å². The Kier molecular flexibility index (Phi) is 6.74. The minimum atomic E-state index is -1.04. The van der Waals surface area contributed by atoms with E-state index in [9.17, 15) is 20.0 Å². The van der Waals surface area contributed by atoms with Crippen LogP contribution in [0.15, 0.2) is 74.2 Å². The van der Waals surface area contributed by atoms with Crippen LogP contribution in [-0.4, -0.2) is 16.0 Å². The summed E-state index contributed by atoms with van der Waals surface area (Å²) in [6, 6.07) is 14.9. The van der Waals surface area contributed by atoms with E-state index < -0.39 is 10.9 Å². The first kappa shape index (κ1) is 21.5. The van der Waals surface area contributed by atoms with E-state index in [0.29, 0.717) is 24.7 Å². The number of benzene rings is 3. The number of nitro groups is 1. The van der Waals surface area contributed by atoms with Gasteiger partial charge in [-0.25, -0.2) is 4.79 Å². The standard InChI is InChI=1S/C20H13Cl2NO4S2/c1-11-2-6-18(14(8-11)20(24)25)28-13-4-7-19(17(10-13)23(26)27)29-12-3-5-15(21)16(22)9-12/h2-10H,1H3,(H,24,25). The minimum Gasteiger partial charge on any atom is -0.478 e. The van der Waals surface area contributed by atoms with E-state index in [2.05, 4.69) is 0 Å². The number of halogens is 2. The lowest BCUT2D eigenvalue weighted by atomic mass is 10.1. The molecular formula is C20H13Cl2NO4S2. The number of rotatable bonds is 6. The lowest BCUT2D eigenvalue weighted by Crippen LogP contribution is -1.99. The Morgan fingerprint density at radius 2 is 1.55 bits per heavy atom. The molecule has 3 rings (SSSR count). The molecule has 29 heavy (non-hydrogen) atoms. The van der Waals surface area contributed by atoms with Crippen molar-refractivity contribution >= 4 is 58.4 Å². The highest BCUT2D eigenvalue weighted by Gasteiger charge is 2.18. The van der Waals surface area contributed by atoms with E-state index in [1.165, 1.54) is 29.6 Å².